The summed E-state index contributed by atoms with van der Waals surface area (Å²) in [6.45, 7) is 1.77. The Hall–Kier alpha value is -2.30. The monoisotopic (exact) mass is 248 g/mol. The van der Waals surface area contributed by atoms with Crippen molar-refractivity contribution in [1.82, 2.24) is 4.98 Å². The molecular weight excluding hydrogens is 238 g/mol. The van der Waals surface area contributed by atoms with E-state index >= 15 is 0 Å². The number of nitrogens with zero attached hydrogens (tertiary/aromatic N) is 1. The molecule has 0 atom stereocenters. The van der Waals surface area contributed by atoms with Crippen LogP contribution in [0.1, 0.15) is 15.9 Å². The molecule has 0 aliphatic rings. The topological polar surface area (TPSA) is 42.0 Å². The third-order valence-electron chi connectivity index (χ3n) is 2.39. The van der Waals surface area contributed by atoms with Gasteiger partial charge in [0, 0.05) is 6.20 Å². The summed E-state index contributed by atoms with van der Waals surface area (Å²) >= 11 is 0. The Morgan fingerprint density at radius 2 is 2.00 bits per heavy atom. The maximum absolute atomic E-state index is 13.4. The Labute approximate surface area is 102 Å². The van der Waals surface area contributed by atoms with Crippen LogP contribution in [0.3, 0.4) is 0 Å². The van der Waals surface area contributed by atoms with E-state index in [-0.39, 0.29) is 11.3 Å². The summed E-state index contributed by atoms with van der Waals surface area (Å²) in [6, 6.07) is 5.54. The predicted octanol–water partition coefficient (Wildman–Crippen LogP) is 2.92. The number of carbonyl (C=O) groups excluding carboxylic acids is 1. The van der Waals surface area contributed by atoms with Crippen LogP contribution >= 0.6 is 0 Å². The van der Waals surface area contributed by atoms with E-state index in [4.69, 9.17) is 0 Å². The number of hydrogen-bond acceptors (Lipinski definition) is 2. The Morgan fingerprint density at radius 1 is 1.22 bits per heavy atom. The summed E-state index contributed by atoms with van der Waals surface area (Å²) in [7, 11) is 0. The molecule has 18 heavy (non-hydrogen) atoms. The van der Waals surface area contributed by atoms with E-state index in [0.717, 1.165) is 11.8 Å². The third-order valence-corrected chi connectivity index (χ3v) is 2.39. The van der Waals surface area contributed by atoms with Crippen molar-refractivity contribution in [2.45, 2.75) is 6.92 Å². The molecule has 0 aliphatic carbocycles. The van der Waals surface area contributed by atoms with E-state index in [0.29, 0.717) is 0 Å². The van der Waals surface area contributed by atoms with Crippen LogP contribution in [-0.4, -0.2) is 10.9 Å². The van der Waals surface area contributed by atoms with Crippen molar-refractivity contribution in [3.8, 4) is 0 Å². The highest BCUT2D eigenvalue weighted by atomic mass is 19.1. The van der Waals surface area contributed by atoms with Gasteiger partial charge in [0.15, 0.2) is 5.82 Å². The first kappa shape index (κ1) is 12.2. The summed E-state index contributed by atoms with van der Waals surface area (Å²) < 4.78 is 26.7. The molecule has 0 fully saturated rings. The van der Waals surface area contributed by atoms with Gasteiger partial charge in [0.25, 0.3) is 5.91 Å². The maximum Gasteiger partial charge on any atom is 0.258 e. The van der Waals surface area contributed by atoms with Crippen LogP contribution in [0.5, 0.6) is 0 Å². The number of nitrogens with one attached hydrogen (secondary N) is 1. The quantitative estimate of drug-likeness (QED) is 0.887. The molecule has 1 amide bonds. The van der Waals surface area contributed by atoms with Gasteiger partial charge in [0.1, 0.15) is 5.82 Å². The number of anilines is 1. The number of amides is 1. The number of pyridine rings is 1. The van der Waals surface area contributed by atoms with Crippen molar-refractivity contribution in [3.63, 3.8) is 0 Å². The maximum atomic E-state index is 13.4. The summed E-state index contributed by atoms with van der Waals surface area (Å²) in [6.07, 6.45) is 2.23. The Balaban J connectivity index is 2.27. The summed E-state index contributed by atoms with van der Waals surface area (Å²) in [5, 5.41) is 2.33. The zero-order chi connectivity index (χ0) is 13.1. The van der Waals surface area contributed by atoms with Crippen molar-refractivity contribution in [1.29, 1.82) is 0 Å². The molecule has 0 aliphatic heterocycles. The fourth-order valence-electron chi connectivity index (χ4n) is 1.48. The minimum absolute atomic E-state index is 0.0243. The lowest BCUT2D eigenvalue weighted by molar-refractivity contribution is 0.102. The third kappa shape index (κ3) is 2.51. The Bertz CT molecular complexity index is 599. The first-order chi connectivity index (χ1) is 8.58. The van der Waals surface area contributed by atoms with Gasteiger partial charge in [-0.05, 0) is 30.7 Å². The highest BCUT2D eigenvalue weighted by Crippen LogP contribution is 2.17. The number of aryl methyl sites for hydroxylation is 1. The molecule has 3 nitrogen and oxygen atoms in total. The molecule has 0 saturated carbocycles. The van der Waals surface area contributed by atoms with Crippen LogP contribution in [0.15, 0.2) is 36.7 Å². The SMILES string of the molecule is Cc1ccc(F)c(NC(=O)c2ccncc2F)c1. The second kappa shape index (κ2) is 4.91. The Kier molecular flexibility index (Phi) is 3.32. The Morgan fingerprint density at radius 3 is 2.72 bits per heavy atom. The van der Waals surface area contributed by atoms with Gasteiger partial charge in [0.05, 0.1) is 17.4 Å². The molecular formula is C13H10F2N2O. The zero-order valence-corrected chi connectivity index (χ0v) is 9.58. The normalized spacial score (nSPS) is 10.2. The molecule has 0 saturated heterocycles. The number of halogens is 2. The van der Waals surface area contributed by atoms with E-state index in [9.17, 15) is 13.6 Å². The number of aromatic nitrogens is 1. The first-order valence-electron chi connectivity index (χ1n) is 5.25. The second-order valence-corrected chi connectivity index (χ2v) is 3.79. The first-order valence-corrected chi connectivity index (χ1v) is 5.25. The summed E-state index contributed by atoms with van der Waals surface area (Å²) in [5.74, 6) is -2.02. The number of benzene rings is 1. The molecule has 5 heteroatoms. The molecule has 0 bridgehead atoms. The van der Waals surface area contributed by atoms with Crippen LogP contribution in [0.2, 0.25) is 0 Å². The average Bonchev–Trinajstić information content (AvgIpc) is 2.34. The molecule has 1 aromatic heterocycles. The van der Waals surface area contributed by atoms with Gasteiger partial charge in [0.2, 0.25) is 0 Å². The highest BCUT2D eigenvalue weighted by molar-refractivity contribution is 6.04. The van der Waals surface area contributed by atoms with Gasteiger partial charge in [-0.15, -0.1) is 0 Å². The minimum atomic E-state index is -0.747. The summed E-state index contributed by atoms with van der Waals surface area (Å²) in [5.41, 5.74) is 0.643. The van der Waals surface area contributed by atoms with Crippen molar-refractivity contribution in [2.24, 2.45) is 0 Å². The largest absolute Gasteiger partial charge is 0.319 e. The lowest BCUT2D eigenvalue weighted by Gasteiger charge is -2.07. The van der Waals surface area contributed by atoms with Crippen molar-refractivity contribution < 1.29 is 13.6 Å². The summed E-state index contributed by atoms with van der Waals surface area (Å²) in [4.78, 5) is 15.3. The highest BCUT2D eigenvalue weighted by Gasteiger charge is 2.13. The lowest BCUT2D eigenvalue weighted by atomic mass is 10.2. The average molecular weight is 248 g/mol. The molecule has 0 unspecified atom stereocenters. The van der Waals surface area contributed by atoms with Crippen LogP contribution in [0, 0.1) is 18.6 Å². The van der Waals surface area contributed by atoms with E-state index in [1.54, 1.807) is 13.0 Å². The van der Waals surface area contributed by atoms with E-state index in [1.807, 2.05) is 0 Å². The molecule has 0 spiro atoms. The van der Waals surface area contributed by atoms with Gasteiger partial charge in [-0.3, -0.25) is 9.78 Å². The van der Waals surface area contributed by atoms with Gasteiger partial charge in [-0.1, -0.05) is 6.07 Å². The molecule has 92 valence electrons. The standard InChI is InChI=1S/C13H10F2N2O/c1-8-2-3-10(14)12(6-8)17-13(18)9-4-5-16-7-11(9)15/h2-7H,1H3,(H,17,18). The fraction of sp³-hybridized carbons (Fsp3) is 0.0769. The van der Waals surface area contributed by atoms with Crippen LogP contribution in [0.25, 0.3) is 0 Å². The second-order valence-electron chi connectivity index (χ2n) is 3.79. The van der Waals surface area contributed by atoms with Crippen molar-refractivity contribution in [2.75, 3.05) is 5.32 Å². The van der Waals surface area contributed by atoms with Crippen LogP contribution in [0.4, 0.5) is 14.5 Å². The molecule has 0 radical (unpaired) electrons. The minimum Gasteiger partial charge on any atom is -0.319 e. The molecule has 1 N–H and O–H groups in total. The van der Waals surface area contributed by atoms with Crippen LogP contribution in [-0.2, 0) is 0 Å². The fourth-order valence-corrected chi connectivity index (χ4v) is 1.48. The number of hydrogen-bond donors (Lipinski definition) is 1. The molecule has 2 aromatic rings. The number of carbonyl (C=O) groups is 1. The van der Waals surface area contributed by atoms with Crippen molar-refractivity contribution >= 4 is 11.6 Å². The van der Waals surface area contributed by atoms with E-state index in [1.165, 1.54) is 24.4 Å². The van der Waals surface area contributed by atoms with Crippen molar-refractivity contribution in [3.05, 3.63) is 59.4 Å². The number of rotatable bonds is 2. The molecule has 2 rings (SSSR count). The van der Waals surface area contributed by atoms with E-state index < -0.39 is 17.5 Å². The van der Waals surface area contributed by atoms with E-state index in [2.05, 4.69) is 10.3 Å². The van der Waals surface area contributed by atoms with Gasteiger partial charge in [-0.25, -0.2) is 8.78 Å². The molecule has 1 heterocycles. The molecule has 1 aromatic carbocycles. The lowest BCUT2D eigenvalue weighted by Crippen LogP contribution is -2.15. The smallest absolute Gasteiger partial charge is 0.258 e. The van der Waals surface area contributed by atoms with Crippen LogP contribution < -0.4 is 5.32 Å². The van der Waals surface area contributed by atoms with Gasteiger partial charge in [-0.2, -0.15) is 0 Å². The van der Waals surface area contributed by atoms with Gasteiger partial charge >= 0.3 is 0 Å². The van der Waals surface area contributed by atoms with Gasteiger partial charge < -0.3 is 5.32 Å². The zero-order valence-electron chi connectivity index (χ0n) is 9.58. The predicted molar refractivity (Wildman–Crippen MR) is 63.3 cm³/mol.